The van der Waals surface area contributed by atoms with Crippen LogP contribution in [0.5, 0.6) is 0 Å². The third-order valence-electron chi connectivity index (χ3n) is 1.44. The Morgan fingerprint density at radius 1 is 1.64 bits per heavy atom. The molecule has 1 aromatic rings. The first-order valence-corrected chi connectivity index (χ1v) is 5.23. The summed E-state index contributed by atoms with van der Waals surface area (Å²) in [6.07, 6.45) is 1.09. The molecule has 0 aliphatic rings. The summed E-state index contributed by atoms with van der Waals surface area (Å²) in [5, 5.41) is 10.3. The molecule has 1 N–H and O–H groups in total. The standard InChI is InChI=1S/C7H9NO5S/c1-2-8(9)5-6-3-4-7(13-6)14(10,11)12/h3-5H,2H2,1H3,(H,10,11,12). The van der Waals surface area contributed by atoms with Gasteiger partial charge in [0.05, 0.1) is 0 Å². The van der Waals surface area contributed by atoms with Gasteiger partial charge in [-0.05, 0) is 19.1 Å². The van der Waals surface area contributed by atoms with Crippen molar-refractivity contribution in [1.82, 2.24) is 0 Å². The fourth-order valence-corrected chi connectivity index (χ4v) is 1.22. The lowest BCUT2D eigenvalue weighted by Gasteiger charge is -1.96. The number of hydroxylamine groups is 1. The van der Waals surface area contributed by atoms with Gasteiger partial charge < -0.3 is 9.62 Å². The zero-order valence-corrected chi connectivity index (χ0v) is 8.19. The highest BCUT2D eigenvalue weighted by Gasteiger charge is 2.14. The fourth-order valence-electron chi connectivity index (χ4n) is 0.776. The van der Waals surface area contributed by atoms with Gasteiger partial charge in [0.2, 0.25) is 11.3 Å². The maximum atomic E-state index is 10.8. The second-order valence-electron chi connectivity index (χ2n) is 2.49. The van der Waals surface area contributed by atoms with Crippen LogP contribution in [-0.4, -0.2) is 30.5 Å². The van der Waals surface area contributed by atoms with Gasteiger partial charge in [-0.25, -0.2) is 4.74 Å². The number of nitrogens with zero attached hydrogens (tertiary/aromatic N) is 1. The van der Waals surface area contributed by atoms with Gasteiger partial charge in [-0.15, -0.1) is 0 Å². The smallest absolute Gasteiger partial charge is 0.328 e. The molecule has 6 nitrogen and oxygen atoms in total. The van der Waals surface area contributed by atoms with E-state index in [1.54, 1.807) is 6.92 Å². The summed E-state index contributed by atoms with van der Waals surface area (Å²) >= 11 is 0. The highest BCUT2D eigenvalue weighted by atomic mass is 32.2. The number of hydrogen-bond acceptors (Lipinski definition) is 4. The Kier molecular flexibility index (Phi) is 2.92. The first-order valence-electron chi connectivity index (χ1n) is 3.79. The molecule has 7 heteroatoms. The molecule has 0 radical (unpaired) electrons. The molecule has 0 spiro atoms. The second-order valence-corrected chi connectivity index (χ2v) is 3.85. The quantitative estimate of drug-likeness (QED) is 0.262. The van der Waals surface area contributed by atoms with Crippen LogP contribution >= 0.6 is 0 Å². The summed E-state index contributed by atoms with van der Waals surface area (Å²) in [6, 6.07) is 2.36. The van der Waals surface area contributed by atoms with E-state index in [-0.39, 0.29) is 12.3 Å². The normalized spacial score (nSPS) is 13.1. The van der Waals surface area contributed by atoms with Gasteiger partial charge in [-0.3, -0.25) is 4.55 Å². The second kappa shape index (κ2) is 3.81. The molecule has 0 unspecified atom stereocenters. The summed E-state index contributed by atoms with van der Waals surface area (Å²) in [6.45, 7) is 1.86. The van der Waals surface area contributed by atoms with Crippen LogP contribution in [0.2, 0.25) is 0 Å². The van der Waals surface area contributed by atoms with Crippen molar-refractivity contribution in [3.63, 3.8) is 0 Å². The van der Waals surface area contributed by atoms with Gasteiger partial charge in [-0.1, -0.05) is 0 Å². The van der Waals surface area contributed by atoms with E-state index in [1.165, 1.54) is 6.07 Å². The van der Waals surface area contributed by atoms with Crippen molar-refractivity contribution in [2.24, 2.45) is 0 Å². The first kappa shape index (κ1) is 10.7. The van der Waals surface area contributed by atoms with E-state index in [9.17, 15) is 13.6 Å². The molecule has 0 aliphatic carbocycles. The molecule has 1 rings (SSSR count). The van der Waals surface area contributed by atoms with E-state index >= 15 is 0 Å². The Morgan fingerprint density at radius 3 is 2.71 bits per heavy atom. The summed E-state index contributed by atoms with van der Waals surface area (Å²) < 4.78 is 34.9. The molecule has 0 bridgehead atoms. The van der Waals surface area contributed by atoms with Crippen LogP contribution < -0.4 is 0 Å². The maximum Gasteiger partial charge on any atom is 0.328 e. The third kappa shape index (κ3) is 2.57. The highest BCUT2D eigenvalue weighted by molar-refractivity contribution is 7.85. The largest absolute Gasteiger partial charge is 0.624 e. The molecular weight excluding hydrogens is 210 g/mol. The van der Waals surface area contributed by atoms with Crippen molar-refractivity contribution in [3.8, 4) is 0 Å². The minimum atomic E-state index is -4.33. The monoisotopic (exact) mass is 219 g/mol. The Hall–Kier alpha value is -1.34. The van der Waals surface area contributed by atoms with Gasteiger partial charge in [0.25, 0.3) is 0 Å². The Balaban J connectivity index is 3.01. The molecule has 0 saturated heterocycles. The molecule has 0 atom stereocenters. The lowest BCUT2D eigenvalue weighted by Crippen LogP contribution is -2.03. The summed E-state index contributed by atoms with van der Waals surface area (Å²) in [4.78, 5) is 0. The predicted octanol–water partition coefficient (Wildman–Crippen LogP) is 0.475. The van der Waals surface area contributed by atoms with Gasteiger partial charge in [0.15, 0.2) is 12.3 Å². The van der Waals surface area contributed by atoms with Crippen LogP contribution in [0.4, 0.5) is 0 Å². The summed E-state index contributed by atoms with van der Waals surface area (Å²) in [5.41, 5.74) is 0. The minimum Gasteiger partial charge on any atom is -0.624 e. The molecule has 0 saturated carbocycles. The third-order valence-corrected chi connectivity index (χ3v) is 2.17. The average molecular weight is 219 g/mol. The van der Waals surface area contributed by atoms with Crippen LogP contribution in [0, 0.1) is 5.21 Å². The molecule has 0 aromatic carbocycles. The molecule has 1 aromatic heterocycles. The van der Waals surface area contributed by atoms with Crippen LogP contribution in [-0.2, 0) is 10.1 Å². The lowest BCUT2D eigenvalue weighted by molar-refractivity contribution is -0.448. The Bertz CT molecular complexity index is 444. The van der Waals surface area contributed by atoms with E-state index in [4.69, 9.17) is 4.55 Å². The predicted molar refractivity (Wildman–Crippen MR) is 47.9 cm³/mol. The number of furan rings is 1. The van der Waals surface area contributed by atoms with E-state index in [0.29, 0.717) is 4.74 Å². The SMILES string of the molecule is CC[N+]([O-])=Cc1ccc(S(=O)(=O)O)o1. The van der Waals surface area contributed by atoms with Crippen molar-refractivity contribution in [3.05, 3.63) is 23.1 Å². The van der Waals surface area contributed by atoms with Crippen LogP contribution in [0.15, 0.2) is 21.6 Å². The number of hydrogen-bond donors (Lipinski definition) is 1. The van der Waals surface area contributed by atoms with Crippen molar-refractivity contribution in [2.75, 3.05) is 6.54 Å². The van der Waals surface area contributed by atoms with E-state index < -0.39 is 15.2 Å². The van der Waals surface area contributed by atoms with Gasteiger partial charge in [-0.2, -0.15) is 8.42 Å². The highest BCUT2D eigenvalue weighted by Crippen LogP contribution is 2.11. The Morgan fingerprint density at radius 2 is 2.29 bits per heavy atom. The lowest BCUT2D eigenvalue weighted by atomic mass is 10.5. The number of rotatable bonds is 3. The Labute approximate surface area is 80.8 Å². The van der Waals surface area contributed by atoms with Crippen molar-refractivity contribution in [2.45, 2.75) is 12.0 Å². The summed E-state index contributed by atoms with van der Waals surface area (Å²) in [5.74, 6) is 0.0782. The fraction of sp³-hybridized carbons (Fsp3) is 0.286. The topological polar surface area (TPSA) is 93.6 Å². The van der Waals surface area contributed by atoms with Gasteiger partial charge >= 0.3 is 10.1 Å². The zero-order valence-electron chi connectivity index (χ0n) is 7.37. The van der Waals surface area contributed by atoms with E-state index in [2.05, 4.69) is 4.42 Å². The maximum absolute atomic E-state index is 10.8. The molecule has 14 heavy (non-hydrogen) atoms. The molecular formula is C7H9NO5S. The van der Waals surface area contributed by atoms with Crippen molar-refractivity contribution >= 4 is 16.3 Å². The average Bonchev–Trinajstić information content (AvgIpc) is 2.51. The molecule has 0 aliphatic heterocycles. The molecule has 78 valence electrons. The molecule has 0 amide bonds. The molecule has 0 fully saturated rings. The van der Waals surface area contributed by atoms with Crippen molar-refractivity contribution in [1.29, 1.82) is 0 Å². The van der Waals surface area contributed by atoms with E-state index in [0.717, 1.165) is 12.3 Å². The van der Waals surface area contributed by atoms with E-state index in [1.807, 2.05) is 0 Å². The zero-order chi connectivity index (χ0) is 10.8. The van der Waals surface area contributed by atoms with Gasteiger partial charge in [0.1, 0.15) is 0 Å². The van der Waals surface area contributed by atoms with Crippen LogP contribution in [0.3, 0.4) is 0 Å². The summed E-state index contributed by atoms with van der Waals surface area (Å²) in [7, 11) is -4.33. The van der Waals surface area contributed by atoms with Crippen molar-refractivity contribution < 1.29 is 22.1 Å². The first-order chi connectivity index (χ1) is 6.43. The van der Waals surface area contributed by atoms with Crippen LogP contribution in [0.1, 0.15) is 12.7 Å². The molecule has 1 heterocycles. The van der Waals surface area contributed by atoms with Gasteiger partial charge in [0, 0.05) is 0 Å². The minimum absolute atomic E-state index is 0.0782. The van der Waals surface area contributed by atoms with Crippen LogP contribution in [0.25, 0.3) is 0 Å².